The van der Waals surface area contributed by atoms with E-state index in [2.05, 4.69) is 14.9 Å². The van der Waals surface area contributed by atoms with Gasteiger partial charge in [-0.05, 0) is 43.4 Å². The number of hydrogen-bond acceptors (Lipinski definition) is 4. The topological polar surface area (TPSA) is 79.4 Å². The molecule has 1 aromatic heterocycles. The van der Waals surface area contributed by atoms with Crippen molar-refractivity contribution in [1.82, 2.24) is 20.0 Å². The van der Waals surface area contributed by atoms with Crippen molar-refractivity contribution >= 4 is 23.2 Å². The van der Waals surface area contributed by atoms with Crippen molar-refractivity contribution in [3.05, 3.63) is 34.5 Å². The molecule has 33 heavy (non-hydrogen) atoms. The zero-order chi connectivity index (χ0) is 23.1. The Morgan fingerprint density at radius 3 is 2.67 bits per heavy atom. The summed E-state index contributed by atoms with van der Waals surface area (Å²) >= 11 is 0. The molecular weight excluding hydrogens is 426 g/mol. The predicted octanol–water partition coefficient (Wildman–Crippen LogP) is 4.69. The van der Waals surface area contributed by atoms with E-state index in [9.17, 15) is 13.6 Å². The Balaban J connectivity index is 1.61. The van der Waals surface area contributed by atoms with Gasteiger partial charge in [-0.15, -0.1) is 0 Å². The smallest absolute Gasteiger partial charge is 0.317 e. The van der Waals surface area contributed by atoms with Crippen molar-refractivity contribution in [3.8, 4) is 0 Å². The first-order valence-corrected chi connectivity index (χ1v) is 12.0. The number of anilines is 3. The number of nitrogens with one attached hydrogen (secondary N) is 1. The number of carbonyl (C=O) groups is 1. The minimum atomic E-state index is -2.63. The van der Waals surface area contributed by atoms with Gasteiger partial charge in [0.25, 0.3) is 6.43 Å². The average molecular weight is 459 g/mol. The van der Waals surface area contributed by atoms with Gasteiger partial charge in [0, 0.05) is 54.8 Å². The number of aromatic nitrogens is 2. The molecule has 9 heteroatoms. The van der Waals surface area contributed by atoms with Crippen molar-refractivity contribution in [3.63, 3.8) is 0 Å². The van der Waals surface area contributed by atoms with Crippen LogP contribution in [-0.2, 0) is 19.4 Å². The highest BCUT2D eigenvalue weighted by molar-refractivity contribution is 5.76. The van der Waals surface area contributed by atoms with Gasteiger partial charge < -0.3 is 20.9 Å². The quantitative estimate of drug-likeness (QED) is 0.654. The number of carbonyl (C=O) groups excluding carboxylic acids is 1. The summed E-state index contributed by atoms with van der Waals surface area (Å²) in [6, 6.07) is 3.49. The van der Waals surface area contributed by atoms with E-state index in [0.29, 0.717) is 25.7 Å². The van der Waals surface area contributed by atoms with E-state index >= 15 is 0 Å². The fraction of sp³-hybridized carbons (Fsp3) is 0.583. The third-order valence-electron chi connectivity index (χ3n) is 7.38. The van der Waals surface area contributed by atoms with Gasteiger partial charge in [0.1, 0.15) is 0 Å². The van der Waals surface area contributed by atoms with Gasteiger partial charge in [0.15, 0.2) is 5.82 Å². The fourth-order valence-electron chi connectivity index (χ4n) is 5.68. The Hall–Kier alpha value is -2.84. The van der Waals surface area contributed by atoms with E-state index in [0.717, 1.165) is 54.7 Å². The number of urea groups is 1. The van der Waals surface area contributed by atoms with Crippen LogP contribution >= 0.6 is 0 Å². The maximum atomic E-state index is 13.7. The minimum Gasteiger partial charge on any atom is -0.398 e. The van der Waals surface area contributed by atoms with Gasteiger partial charge in [-0.1, -0.05) is 19.3 Å². The lowest BCUT2D eigenvalue weighted by molar-refractivity contribution is 0.152. The average Bonchev–Trinajstić information content (AvgIpc) is 3.21. The molecule has 0 bridgehead atoms. The summed E-state index contributed by atoms with van der Waals surface area (Å²) in [7, 11) is 1.64. The first kappa shape index (κ1) is 22.0. The predicted molar refractivity (Wildman–Crippen MR) is 124 cm³/mol. The first-order chi connectivity index (χ1) is 16.0. The number of nitrogens with two attached hydrogens (primary N) is 1. The van der Waals surface area contributed by atoms with Gasteiger partial charge >= 0.3 is 6.03 Å². The van der Waals surface area contributed by atoms with E-state index in [4.69, 9.17) is 10.8 Å². The Bertz CT molecular complexity index is 1050. The van der Waals surface area contributed by atoms with Crippen LogP contribution in [0.25, 0.3) is 0 Å². The molecule has 0 spiro atoms. The monoisotopic (exact) mass is 458 g/mol. The number of aryl methyl sites for hydroxylation is 1. The lowest BCUT2D eigenvalue weighted by atomic mass is 9.95. The van der Waals surface area contributed by atoms with Crippen LogP contribution in [0.4, 0.5) is 30.8 Å². The molecule has 3 aliphatic rings. The molecule has 0 radical (unpaired) electrons. The van der Waals surface area contributed by atoms with Gasteiger partial charge in [-0.3, -0.25) is 4.68 Å². The zero-order valence-corrected chi connectivity index (χ0v) is 19.1. The van der Waals surface area contributed by atoms with Crippen LogP contribution in [0, 0.1) is 0 Å². The van der Waals surface area contributed by atoms with Crippen LogP contribution in [0.5, 0.6) is 0 Å². The summed E-state index contributed by atoms with van der Waals surface area (Å²) in [5.74, 6) is 0.801. The number of hydrogen-bond donors (Lipinski definition) is 2. The van der Waals surface area contributed by atoms with Crippen molar-refractivity contribution in [1.29, 1.82) is 0 Å². The second-order valence-electron chi connectivity index (χ2n) is 9.38. The minimum absolute atomic E-state index is 0.108. The first-order valence-electron chi connectivity index (χ1n) is 12.0. The van der Waals surface area contributed by atoms with Gasteiger partial charge in [-0.25, -0.2) is 13.6 Å². The van der Waals surface area contributed by atoms with E-state index in [-0.39, 0.29) is 17.3 Å². The fourth-order valence-corrected chi connectivity index (χ4v) is 5.68. The van der Waals surface area contributed by atoms with Crippen LogP contribution in [-0.4, -0.2) is 40.8 Å². The number of fused-ring (bicyclic) bond motifs is 2. The summed E-state index contributed by atoms with van der Waals surface area (Å²) in [5, 5.41) is 7.85. The number of benzene rings is 1. The molecule has 0 saturated heterocycles. The normalized spacial score (nSPS) is 18.9. The molecule has 178 valence electrons. The molecule has 3 N–H and O–H groups in total. The van der Waals surface area contributed by atoms with E-state index in [1.165, 1.54) is 25.0 Å². The molecule has 2 aliphatic heterocycles. The van der Waals surface area contributed by atoms with Crippen LogP contribution in [0.2, 0.25) is 0 Å². The molecule has 1 saturated carbocycles. The summed E-state index contributed by atoms with van der Waals surface area (Å²) in [4.78, 5) is 16.3. The Morgan fingerprint density at radius 2 is 1.94 bits per heavy atom. The molecular formula is C24H32F2N6O. The molecule has 1 aromatic carbocycles. The molecule has 5 rings (SSSR count). The van der Waals surface area contributed by atoms with E-state index in [1.54, 1.807) is 24.1 Å². The Kier molecular flexibility index (Phi) is 5.88. The van der Waals surface area contributed by atoms with Crippen molar-refractivity contribution in [2.45, 2.75) is 70.4 Å². The van der Waals surface area contributed by atoms with Crippen LogP contribution in [0.3, 0.4) is 0 Å². The summed E-state index contributed by atoms with van der Waals surface area (Å²) in [6.45, 7) is 1.82. The summed E-state index contributed by atoms with van der Waals surface area (Å²) in [5.41, 5.74) is 9.92. The zero-order valence-electron chi connectivity index (χ0n) is 19.1. The molecule has 7 nitrogen and oxygen atoms in total. The van der Waals surface area contributed by atoms with E-state index < -0.39 is 6.43 Å². The number of halogens is 2. The molecule has 3 heterocycles. The number of amides is 2. The highest BCUT2D eigenvalue weighted by atomic mass is 19.3. The molecule has 1 fully saturated rings. The standard InChI is InChI=1S/C24H32F2N6O/c1-28-24(33)30-11-9-20-18(14-30)23(29-32(20)16-7-3-2-4-8-16)31-10-5-6-15-12-19(27)17(22(25)26)13-21(15)31/h12-13,16,22H,2-11,14,27H2,1H3,(H,28,33). The molecule has 0 unspecified atom stereocenters. The summed E-state index contributed by atoms with van der Waals surface area (Å²) in [6.07, 6.45) is 5.68. The lowest BCUT2D eigenvalue weighted by Gasteiger charge is -2.33. The molecule has 2 amide bonds. The number of alkyl halides is 2. The third kappa shape index (κ3) is 3.91. The second-order valence-corrected chi connectivity index (χ2v) is 9.38. The SMILES string of the molecule is CNC(=O)N1CCc2c(c(N3CCCc4cc(N)c(C(F)F)cc43)nn2C2CCCCC2)C1. The van der Waals surface area contributed by atoms with Gasteiger partial charge in [0.05, 0.1) is 12.6 Å². The second kappa shape index (κ2) is 8.83. The highest BCUT2D eigenvalue weighted by Crippen LogP contribution is 2.42. The lowest BCUT2D eigenvalue weighted by Crippen LogP contribution is -2.42. The molecule has 1 aliphatic carbocycles. The maximum Gasteiger partial charge on any atom is 0.317 e. The third-order valence-corrected chi connectivity index (χ3v) is 7.38. The van der Waals surface area contributed by atoms with Crippen molar-refractivity contribution in [2.75, 3.05) is 30.8 Å². The van der Waals surface area contributed by atoms with Crippen molar-refractivity contribution in [2.24, 2.45) is 0 Å². The number of nitrogens with zero attached hydrogens (tertiary/aromatic N) is 4. The number of rotatable bonds is 3. The number of nitrogen functional groups attached to an aromatic ring is 1. The molecule has 0 atom stereocenters. The summed E-state index contributed by atoms with van der Waals surface area (Å²) < 4.78 is 29.5. The van der Waals surface area contributed by atoms with Gasteiger partial charge in [0.2, 0.25) is 0 Å². The maximum absolute atomic E-state index is 13.7. The Labute approximate surface area is 192 Å². The molecule has 2 aromatic rings. The highest BCUT2D eigenvalue weighted by Gasteiger charge is 2.34. The van der Waals surface area contributed by atoms with Crippen LogP contribution in [0.15, 0.2) is 12.1 Å². The van der Waals surface area contributed by atoms with Crippen molar-refractivity contribution < 1.29 is 13.6 Å². The van der Waals surface area contributed by atoms with Crippen LogP contribution < -0.4 is 16.0 Å². The van der Waals surface area contributed by atoms with Crippen LogP contribution in [0.1, 0.15) is 73.4 Å². The largest absolute Gasteiger partial charge is 0.398 e. The van der Waals surface area contributed by atoms with E-state index in [1.807, 2.05) is 0 Å². The Morgan fingerprint density at radius 1 is 1.15 bits per heavy atom. The van der Waals surface area contributed by atoms with Gasteiger partial charge in [-0.2, -0.15) is 5.10 Å².